The average molecular weight is 327 g/mol. The number of rotatable bonds is 6. The Morgan fingerprint density at radius 1 is 1.36 bits per heavy atom. The molecule has 1 aromatic heterocycles. The van der Waals surface area contributed by atoms with Crippen LogP contribution in [0.5, 0.6) is 0 Å². The second-order valence-electron chi connectivity index (χ2n) is 7.51. The summed E-state index contributed by atoms with van der Waals surface area (Å²) in [5, 5.41) is 17.7. The largest absolute Gasteiger partial charge is 0.396 e. The Hall–Kier alpha value is -1.14. The fourth-order valence-electron chi connectivity index (χ4n) is 1.85. The molecule has 0 aliphatic heterocycles. The summed E-state index contributed by atoms with van der Waals surface area (Å²) in [6.45, 7) is 13.0. The lowest BCUT2D eigenvalue weighted by atomic mass is 9.90. The van der Waals surface area contributed by atoms with E-state index >= 15 is 0 Å². The number of aliphatic hydroxyl groups excluding tert-OH is 1. The van der Waals surface area contributed by atoms with E-state index in [4.69, 9.17) is 5.11 Å². The van der Waals surface area contributed by atoms with Crippen molar-refractivity contribution < 1.29 is 9.90 Å². The number of aromatic nitrogens is 1. The lowest BCUT2D eigenvalue weighted by Crippen LogP contribution is -2.41. The third-order valence-corrected chi connectivity index (χ3v) is 4.55. The van der Waals surface area contributed by atoms with Gasteiger partial charge in [0.15, 0.2) is 0 Å². The van der Waals surface area contributed by atoms with E-state index < -0.39 is 0 Å². The first-order valence-corrected chi connectivity index (χ1v) is 8.54. The SMILES string of the molecule is CC(NC(=O)NCC(C)(C)CCO)c1nc(C(C)(C)C)cs1. The maximum atomic E-state index is 12.0. The topological polar surface area (TPSA) is 74.2 Å². The second kappa shape index (κ2) is 7.42. The summed E-state index contributed by atoms with van der Waals surface area (Å²) in [7, 11) is 0. The van der Waals surface area contributed by atoms with Crippen LogP contribution >= 0.6 is 11.3 Å². The molecule has 0 radical (unpaired) electrons. The molecule has 22 heavy (non-hydrogen) atoms. The van der Waals surface area contributed by atoms with Crippen molar-refractivity contribution in [2.45, 2.75) is 59.4 Å². The number of aliphatic hydroxyl groups is 1. The van der Waals surface area contributed by atoms with Crippen LogP contribution in [0.4, 0.5) is 4.79 Å². The van der Waals surface area contributed by atoms with E-state index in [9.17, 15) is 4.79 Å². The van der Waals surface area contributed by atoms with Crippen molar-refractivity contribution in [1.29, 1.82) is 0 Å². The fraction of sp³-hybridized carbons (Fsp3) is 0.750. The van der Waals surface area contributed by atoms with Crippen LogP contribution in [0.25, 0.3) is 0 Å². The summed E-state index contributed by atoms with van der Waals surface area (Å²) in [6, 6.07) is -0.326. The normalized spacial score (nSPS) is 13.8. The van der Waals surface area contributed by atoms with E-state index in [-0.39, 0.29) is 29.5 Å². The molecular formula is C16H29N3O2S. The van der Waals surface area contributed by atoms with Crippen molar-refractivity contribution in [2.75, 3.05) is 13.2 Å². The predicted molar refractivity (Wildman–Crippen MR) is 91.2 cm³/mol. The number of amides is 2. The fourth-order valence-corrected chi connectivity index (χ4v) is 2.90. The minimum absolute atomic E-state index is 0.0189. The standard InChI is InChI=1S/C16H29N3O2S/c1-11(13-19-12(9-22-13)15(2,3)4)18-14(21)17-10-16(5,6)7-8-20/h9,11,20H,7-8,10H2,1-6H3,(H2,17,18,21). The van der Waals surface area contributed by atoms with Crippen molar-refractivity contribution >= 4 is 17.4 Å². The predicted octanol–water partition coefficient (Wildman–Crippen LogP) is 3.21. The van der Waals surface area contributed by atoms with E-state index in [0.717, 1.165) is 10.7 Å². The highest BCUT2D eigenvalue weighted by Gasteiger charge is 2.21. The van der Waals surface area contributed by atoms with Gasteiger partial charge in [0.25, 0.3) is 0 Å². The maximum Gasteiger partial charge on any atom is 0.315 e. The van der Waals surface area contributed by atoms with Crippen molar-refractivity contribution in [3.63, 3.8) is 0 Å². The molecule has 1 atom stereocenters. The van der Waals surface area contributed by atoms with Crippen LogP contribution < -0.4 is 10.6 Å². The monoisotopic (exact) mass is 327 g/mol. The summed E-state index contributed by atoms with van der Waals surface area (Å²) in [5.74, 6) is 0. The van der Waals surface area contributed by atoms with Gasteiger partial charge in [-0.15, -0.1) is 11.3 Å². The summed E-state index contributed by atoms with van der Waals surface area (Å²) >= 11 is 1.57. The zero-order chi connectivity index (χ0) is 17.0. The highest BCUT2D eigenvalue weighted by atomic mass is 32.1. The second-order valence-corrected chi connectivity index (χ2v) is 8.40. The van der Waals surface area contributed by atoms with Crippen LogP contribution in [0.1, 0.15) is 64.7 Å². The van der Waals surface area contributed by atoms with Gasteiger partial charge in [-0.25, -0.2) is 9.78 Å². The first-order valence-electron chi connectivity index (χ1n) is 7.66. The summed E-state index contributed by atoms with van der Waals surface area (Å²) < 4.78 is 0. The summed E-state index contributed by atoms with van der Waals surface area (Å²) in [5.41, 5.74) is 0.951. The number of carbonyl (C=O) groups is 1. The molecule has 0 aliphatic rings. The summed E-state index contributed by atoms with van der Waals surface area (Å²) in [6.07, 6.45) is 0.657. The highest BCUT2D eigenvalue weighted by molar-refractivity contribution is 7.09. The van der Waals surface area contributed by atoms with E-state index in [1.54, 1.807) is 11.3 Å². The molecule has 3 N–H and O–H groups in total. The Bertz CT molecular complexity index is 492. The smallest absolute Gasteiger partial charge is 0.315 e. The maximum absolute atomic E-state index is 12.0. The third-order valence-electron chi connectivity index (χ3n) is 3.52. The minimum Gasteiger partial charge on any atom is -0.396 e. The minimum atomic E-state index is -0.203. The number of hydrogen-bond donors (Lipinski definition) is 3. The van der Waals surface area contributed by atoms with Crippen molar-refractivity contribution in [3.8, 4) is 0 Å². The lowest BCUT2D eigenvalue weighted by molar-refractivity contribution is 0.200. The Balaban J connectivity index is 2.52. The van der Waals surface area contributed by atoms with Crippen molar-refractivity contribution in [1.82, 2.24) is 15.6 Å². The molecule has 0 saturated carbocycles. The zero-order valence-electron chi connectivity index (χ0n) is 14.5. The number of carbonyl (C=O) groups excluding carboxylic acids is 1. The molecule has 1 aromatic rings. The van der Waals surface area contributed by atoms with Crippen LogP contribution in [-0.2, 0) is 5.41 Å². The van der Waals surface area contributed by atoms with Crippen LogP contribution in [0.2, 0.25) is 0 Å². The highest BCUT2D eigenvalue weighted by Crippen LogP contribution is 2.26. The van der Waals surface area contributed by atoms with Gasteiger partial charge in [-0.05, 0) is 18.8 Å². The van der Waals surface area contributed by atoms with Gasteiger partial charge in [-0.1, -0.05) is 34.6 Å². The number of urea groups is 1. The molecule has 2 amide bonds. The first-order chi connectivity index (χ1) is 10.0. The van der Waals surface area contributed by atoms with E-state index in [1.807, 2.05) is 20.8 Å². The van der Waals surface area contributed by atoms with Gasteiger partial charge in [0.05, 0.1) is 11.7 Å². The number of nitrogens with one attached hydrogen (secondary N) is 2. The molecule has 0 spiro atoms. The Kier molecular flexibility index (Phi) is 6.38. The molecule has 0 saturated heterocycles. The molecular weight excluding hydrogens is 298 g/mol. The molecule has 1 unspecified atom stereocenters. The van der Waals surface area contributed by atoms with Gasteiger partial charge in [0, 0.05) is 23.9 Å². The van der Waals surface area contributed by atoms with E-state index in [0.29, 0.717) is 13.0 Å². The molecule has 0 fully saturated rings. The van der Waals surface area contributed by atoms with Crippen LogP contribution in [0.15, 0.2) is 5.38 Å². The molecule has 126 valence electrons. The molecule has 6 heteroatoms. The van der Waals surface area contributed by atoms with Gasteiger partial charge in [0.1, 0.15) is 5.01 Å². The quantitative estimate of drug-likeness (QED) is 0.751. The van der Waals surface area contributed by atoms with Crippen LogP contribution in [-0.4, -0.2) is 29.3 Å². The molecule has 0 aromatic carbocycles. The Labute approximate surface area is 137 Å². The number of nitrogens with zero attached hydrogens (tertiary/aromatic N) is 1. The number of hydrogen-bond acceptors (Lipinski definition) is 4. The van der Waals surface area contributed by atoms with Gasteiger partial charge in [-0.3, -0.25) is 0 Å². The van der Waals surface area contributed by atoms with Gasteiger partial charge in [-0.2, -0.15) is 0 Å². The van der Waals surface area contributed by atoms with Crippen molar-refractivity contribution in [3.05, 3.63) is 16.1 Å². The van der Waals surface area contributed by atoms with E-state index in [1.165, 1.54) is 0 Å². The van der Waals surface area contributed by atoms with E-state index in [2.05, 4.69) is 41.8 Å². The lowest BCUT2D eigenvalue weighted by Gasteiger charge is -2.24. The average Bonchev–Trinajstić information content (AvgIpc) is 2.86. The third kappa shape index (κ3) is 5.93. The Morgan fingerprint density at radius 2 is 2.00 bits per heavy atom. The van der Waals surface area contributed by atoms with Gasteiger partial charge >= 0.3 is 6.03 Å². The molecule has 1 heterocycles. The molecule has 5 nitrogen and oxygen atoms in total. The number of thiazole rings is 1. The van der Waals surface area contributed by atoms with Crippen LogP contribution in [0, 0.1) is 5.41 Å². The zero-order valence-corrected chi connectivity index (χ0v) is 15.3. The summed E-state index contributed by atoms with van der Waals surface area (Å²) in [4.78, 5) is 16.6. The van der Waals surface area contributed by atoms with Gasteiger partial charge in [0.2, 0.25) is 0 Å². The first kappa shape index (κ1) is 18.9. The van der Waals surface area contributed by atoms with Crippen molar-refractivity contribution in [2.24, 2.45) is 5.41 Å². The van der Waals surface area contributed by atoms with Crippen LogP contribution in [0.3, 0.4) is 0 Å². The van der Waals surface area contributed by atoms with Gasteiger partial charge < -0.3 is 15.7 Å². The Morgan fingerprint density at radius 3 is 2.50 bits per heavy atom. The molecule has 0 bridgehead atoms. The molecule has 1 rings (SSSR count). The molecule has 0 aliphatic carbocycles.